The first-order valence-corrected chi connectivity index (χ1v) is 9.00. The zero-order valence-electron chi connectivity index (χ0n) is 14.1. The maximum absolute atomic E-state index is 12.7. The van der Waals surface area contributed by atoms with Crippen molar-refractivity contribution in [2.45, 2.75) is 37.8 Å². The van der Waals surface area contributed by atoms with E-state index in [4.69, 9.17) is 0 Å². The van der Waals surface area contributed by atoms with Gasteiger partial charge >= 0.3 is 0 Å². The minimum Gasteiger partial charge on any atom is -0.346 e. The fourth-order valence-corrected chi connectivity index (χ4v) is 3.97. The molecule has 1 aliphatic rings. The van der Waals surface area contributed by atoms with Crippen molar-refractivity contribution in [1.29, 1.82) is 0 Å². The third-order valence-electron chi connectivity index (χ3n) is 3.76. The number of nitrogens with one attached hydrogen (secondary N) is 1. The average Bonchev–Trinajstić information content (AvgIpc) is 2.85. The summed E-state index contributed by atoms with van der Waals surface area (Å²) in [6, 6.07) is 6.71. The largest absolute Gasteiger partial charge is 0.346 e. The number of para-hydroxylation sites is 1. The topological polar surface area (TPSA) is 84.3 Å². The summed E-state index contributed by atoms with van der Waals surface area (Å²) in [5.74, 6) is -0.318. The summed E-state index contributed by atoms with van der Waals surface area (Å²) >= 11 is 0. The minimum atomic E-state index is -3.62. The van der Waals surface area contributed by atoms with Crippen molar-refractivity contribution >= 4 is 15.9 Å². The zero-order chi connectivity index (χ0) is 17.7. The fourth-order valence-electron chi connectivity index (χ4n) is 2.66. The first kappa shape index (κ1) is 16.7. The molecule has 0 fully saturated rings. The Kier molecular flexibility index (Phi) is 3.76. The summed E-state index contributed by atoms with van der Waals surface area (Å²) < 4.78 is 28.3. The maximum atomic E-state index is 12.7. The van der Waals surface area contributed by atoms with E-state index >= 15 is 0 Å². The normalized spacial score (nSPS) is 16.8. The number of hydrogen-bond donors (Lipinski definition) is 1. The highest BCUT2D eigenvalue weighted by Crippen LogP contribution is 2.30. The van der Waals surface area contributed by atoms with Crippen molar-refractivity contribution < 1.29 is 13.2 Å². The molecule has 24 heavy (non-hydrogen) atoms. The number of amides is 1. The summed E-state index contributed by atoms with van der Waals surface area (Å²) in [4.78, 5) is 17.0. The van der Waals surface area contributed by atoms with Crippen molar-refractivity contribution in [2.24, 2.45) is 0 Å². The molecule has 3 rings (SSSR count). The van der Waals surface area contributed by atoms with Gasteiger partial charge in [0.05, 0.1) is 17.9 Å². The monoisotopic (exact) mass is 348 g/mol. The summed E-state index contributed by atoms with van der Waals surface area (Å²) in [5.41, 5.74) is 0.879. The van der Waals surface area contributed by atoms with Crippen LogP contribution in [0.25, 0.3) is 5.69 Å². The molecule has 0 spiro atoms. The fraction of sp³-hybridized carbons (Fsp3) is 0.375. The molecule has 1 amide bonds. The molecule has 8 heteroatoms. The highest BCUT2D eigenvalue weighted by molar-refractivity contribution is 7.89. The number of rotatable bonds is 1. The third kappa shape index (κ3) is 2.71. The van der Waals surface area contributed by atoms with Crippen LogP contribution in [0.1, 0.15) is 37.0 Å². The lowest BCUT2D eigenvalue weighted by molar-refractivity contribution is 0.0913. The van der Waals surface area contributed by atoms with Crippen LogP contribution < -0.4 is 5.32 Å². The number of sulfonamides is 1. The van der Waals surface area contributed by atoms with Gasteiger partial charge in [-0.15, -0.1) is 0 Å². The Bertz CT molecular complexity index is 910. The number of hydrogen-bond acceptors (Lipinski definition) is 4. The van der Waals surface area contributed by atoms with E-state index in [9.17, 15) is 13.2 Å². The summed E-state index contributed by atoms with van der Waals surface area (Å²) in [6.07, 6.45) is 1.50. The molecule has 0 saturated heterocycles. The van der Waals surface area contributed by atoms with Crippen LogP contribution >= 0.6 is 0 Å². The molecule has 1 aromatic carbocycles. The van der Waals surface area contributed by atoms with Crippen LogP contribution in [0.5, 0.6) is 0 Å². The van der Waals surface area contributed by atoms with Gasteiger partial charge in [-0.1, -0.05) is 12.1 Å². The van der Waals surface area contributed by atoms with Gasteiger partial charge in [0.2, 0.25) is 10.0 Å². The number of fused-ring (bicyclic) bond motifs is 3. The van der Waals surface area contributed by atoms with E-state index in [1.54, 1.807) is 28.8 Å². The van der Waals surface area contributed by atoms with Gasteiger partial charge in [0.25, 0.3) is 5.91 Å². The Labute approximate surface area is 141 Å². The van der Waals surface area contributed by atoms with Crippen LogP contribution in [0.15, 0.2) is 35.5 Å². The van der Waals surface area contributed by atoms with E-state index < -0.39 is 15.6 Å². The second-order valence-corrected chi connectivity index (χ2v) is 8.86. The van der Waals surface area contributed by atoms with Gasteiger partial charge in [-0.2, -0.15) is 4.31 Å². The lowest BCUT2D eigenvalue weighted by atomic mass is 10.1. The highest BCUT2D eigenvalue weighted by Gasteiger charge is 2.33. The predicted octanol–water partition coefficient (Wildman–Crippen LogP) is 1.53. The first-order chi connectivity index (χ1) is 11.1. The molecule has 2 heterocycles. The molecule has 0 radical (unpaired) electrons. The maximum Gasteiger partial charge on any atom is 0.272 e. The smallest absolute Gasteiger partial charge is 0.272 e. The van der Waals surface area contributed by atoms with E-state index in [2.05, 4.69) is 10.3 Å². The second-order valence-electron chi connectivity index (χ2n) is 6.84. The summed E-state index contributed by atoms with van der Waals surface area (Å²) in [7, 11) is -2.12. The molecule has 1 aliphatic heterocycles. The molecule has 7 nitrogen and oxygen atoms in total. The molecule has 1 aromatic heterocycles. The summed E-state index contributed by atoms with van der Waals surface area (Å²) in [5, 5.41) is 2.87. The number of imidazole rings is 1. The van der Waals surface area contributed by atoms with E-state index in [1.807, 2.05) is 20.8 Å². The average molecular weight is 348 g/mol. The standard InChI is InChI=1S/C16H20N4O3S/c1-16(2,3)18-15(21)14-12-9-19(4)24(22,23)13-8-6-5-7-11(13)20(12)10-17-14/h5-8,10H,9H2,1-4H3,(H,18,21). The molecular weight excluding hydrogens is 328 g/mol. The number of carbonyl (C=O) groups excluding carboxylic acids is 1. The number of benzene rings is 1. The van der Waals surface area contributed by atoms with Gasteiger partial charge in [-0.3, -0.25) is 9.36 Å². The molecule has 128 valence electrons. The van der Waals surface area contributed by atoms with E-state index in [1.165, 1.54) is 17.7 Å². The predicted molar refractivity (Wildman–Crippen MR) is 89.4 cm³/mol. The van der Waals surface area contributed by atoms with E-state index in [0.717, 1.165) is 0 Å². The van der Waals surface area contributed by atoms with Gasteiger partial charge in [-0.05, 0) is 32.9 Å². The molecule has 0 atom stereocenters. The van der Waals surface area contributed by atoms with Crippen molar-refractivity contribution in [3.05, 3.63) is 42.0 Å². The lowest BCUT2D eigenvalue weighted by Gasteiger charge is -2.20. The van der Waals surface area contributed by atoms with Gasteiger partial charge in [0, 0.05) is 12.6 Å². The van der Waals surface area contributed by atoms with Crippen LogP contribution in [-0.4, -0.2) is 40.8 Å². The van der Waals surface area contributed by atoms with Crippen molar-refractivity contribution in [3.63, 3.8) is 0 Å². The van der Waals surface area contributed by atoms with E-state index in [0.29, 0.717) is 11.4 Å². The Hall–Kier alpha value is -2.19. The Morgan fingerprint density at radius 2 is 1.92 bits per heavy atom. The third-order valence-corrected chi connectivity index (χ3v) is 5.61. The van der Waals surface area contributed by atoms with Gasteiger partial charge in [-0.25, -0.2) is 13.4 Å². The van der Waals surface area contributed by atoms with Crippen molar-refractivity contribution in [2.75, 3.05) is 7.05 Å². The SMILES string of the molecule is CN1Cc2c(C(=O)NC(C)(C)C)ncn2-c2ccccc2S1(=O)=O. The van der Waals surface area contributed by atoms with Crippen LogP contribution in [0, 0.1) is 0 Å². The second kappa shape index (κ2) is 5.42. The number of carbonyl (C=O) groups is 1. The van der Waals surface area contributed by atoms with Crippen LogP contribution in [0.2, 0.25) is 0 Å². The minimum absolute atomic E-state index is 0.0733. The van der Waals surface area contributed by atoms with Crippen molar-refractivity contribution in [3.8, 4) is 5.69 Å². The molecule has 0 bridgehead atoms. The molecule has 0 unspecified atom stereocenters. The van der Waals surface area contributed by atoms with Gasteiger partial charge in [0.1, 0.15) is 11.2 Å². The van der Waals surface area contributed by atoms with Crippen LogP contribution in [0.4, 0.5) is 0 Å². The lowest BCUT2D eigenvalue weighted by Crippen LogP contribution is -2.41. The van der Waals surface area contributed by atoms with Crippen molar-refractivity contribution in [1.82, 2.24) is 19.2 Å². The first-order valence-electron chi connectivity index (χ1n) is 7.56. The number of nitrogens with zero attached hydrogens (tertiary/aromatic N) is 3. The molecular formula is C16H20N4O3S. The quantitative estimate of drug-likeness (QED) is 0.847. The Balaban J connectivity index is 2.18. The summed E-state index contributed by atoms with van der Waals surface area (Å²) in [6.45, 7) is 5.71. The zero-order valence-corrected chi connectivity index (χ0v) is 14.9. The Morgan fingerprint density at radius 1 is 1.25 bits per heavy atom. The van der Waals surface area contributed by atoms with Crippen LogP contribution in [0.3, 0.4) is 0 Å². The van der Waals surface area contributed by atoms with Crippen LogP contribution in [-0.2, 0) is 16.6 Å². The Morgan fingerprint density at radius 3 is 2.58 bits per heavy atom. The number of aromatic nitrogens is 2. The molecule has 0 aliphatic carbocycles. The van der Waals surface area contributed by atoms with E-state index in [-0.39, 0.29) is 23.0 Å². The highest BCUT2D eigenvalue weighted by atomic mass is 32.2. The molecule has 0 saturated carbocycles. The van der Waals surface area contributed by atoms with Gasteiger partial charge < -0.3 is 5.32 Å². The van der Waals surface area contributed by atoms with Gasteiger partial charge in [0.15, 0.2) is 5.69 Å². The molecule has 2 aromatic rings. The molecule has 1 N–H and O–H groups in total.